The predicted octanol–water partition coefficient (Wildman–Crippen LogP) is 8.76. The Kier molecular flexibility index (Phi) is 12.7. The first kappa shape index (κ1) is 29.6. The molecule has 3 rings (SSSR count). The zero-order valence-electron chi connectivity index (χ0n) is 23.0. The summed E-state index contributed by atoms with van der Waals surface area (Å²) in [7, 11) is 0. The van der Waals surface area contributed by atoms with Gasteiger partial charge in [-0.1, -0.05) is 77.5 Å². The van der Waals surface area contributed by atoms with Crippen LogP contribution in [0, 0.1) is 5.92 Å². The van der Waals surface area contributed by atoms with E-state index in [0.717, 1.165) is 54.3 Å². The van der Waals surface area contributed by atoms with E-state index in [4.69, 9.17) is 16.6 Å². The quantitative estimate of drug-likeness (QED) is 0.230. The van der Waals surface area contributed by atoms with Crippen molar-refractivity contribution < 1.29 is 0 Å². The summed E-state index contributed by atoms with van der Waals surface area (Å²) < 4.78 is 1.06. The number of aryl methyl sites for hydroxylation is 2. The molecule has 2 atom stereocenters. The van der Waals surface area contributed by atoms with Gasteiger partial charge in [-0.2, -0.15) is 0 Å². The zero-order chi connectivity index (χ0) is 25.9. The summed E-state index contributed by atoms with van der Waals surface area (Å²) in [4.78, 5) is 7.72. The molecule has 0 radical (unpaired) electrons. The molecule has 1 aromatic carbocycles. The molecule has 200 valence electrons. The van der Waals surface area contributed by atoms with Crippen molar-refractivity contribution in [2.45, 2.75) is 104 Å². The Morgan fingerprint density at radius 2 is 1.69 bits per heavy atom. The van der Waals surface area contributed by atoms with Crippen molar-refractivity contribution in [1.29, 1.82) is 0 Å². The second-order valence-corrected chi connectivity index (χ2v) is 12.0. The summed E-state index contributed by atoms with van der Waals surface area (Å²) in [6, 6.07) is 9.42. The van der Waals surface area contributed by atoms with Gasteiger partial charge in [-0.25, -0.2) is 0 Å². The van der Waals surface area contributed by atoms with Crippen molar-refractivity contribution in [3.8, 4) is 0 Å². The first-order valence-electron chi connectivity index (χ1n) is 14.4. The number of rotatable bonds is 15. The Labute approximate surface area is 233 Å². The lowest BCUT2D eigenvalue weighted by atomic mass is 9.94. The second-order valence-electron chi connectivity index (χ2n) is 10.6. The topological polar surface area (TPSA) is 28.2 Å². The van der Waals surface area contributed by atoms with Gasteiger partial charge in [0.1, 0.15) is 0 Å². The van der Waals surface area contributed by atoms with Gasteiger partial charge in [0.15, 0.2) is 0 Å². The van der Waals surface area contributed by atoms with Gasteiger partial charge in [0.25, 0.3) is 0 Å². The average molecular weight is 577 g/mol. The number of nitrogens with zero attached hydrogens (tertiary/aromatic N) is 2. The minimum atomic E-state index is 0.164. The van der Waals surface area contributed by atoms with Crippen LogP contribution in [0.15, 0.2) is 34.9 Å². The highest BCUT2D eigenvalue weighted by Crippen LogP contribution is 2.38. The SMILES string of the molecule is CCCC(CCC)CCNC(CCC)CN(CCC)C1c2ccc(Cl)cc2CCc2cc(Br)cnc21. The molecule has 1 N–H and O–H groups in total. The third-order valence-corrected chi connectivity index (χ3v) is 8.31. The Morgan fingerprint density at radius 1 is 0.972 bits per heavy atom. The molecule has 3 nitrogen and oxygen atoms in total. The largest absolute Gasteiger partial charge is 0.313 e. The van der Waals surface area contributed by atoms with Gasteiger partial charge < -0.3 is 5.32 Å². The highest BCUT2D eigenvalue weighted by atomic mass is 79.9. The van der Waals surface area contributed by atoms with E-state index in [1.807, 2.05) is 6.20 Å². The number of nitrogens with one attached hydrogen (secondary N) is 1. The molecule has 1 aromatic heterocycles. The van der Waals surface area contributed by atoms with Crippen LogP contribution in [0.1, 0.15) is 107 Å². The Balaban J connectivity index is 1.87. The number of hydrogen-bond donors (Lipinski definition) is 1. The minimum Gasteiger partial charge on any atom is -0.313 e. The number of fused-ring (bicyclic) bond motifs is 2. The van der Waals surface area contributed by atoms with E-state index < -0.39 is 0 Å². The first-order valence-corrected chi connectivity index (χ1v) is 15.6. The minimum absolute atomic E-state index is 0.164. The van der Waals surface area contributed by atoms with Crippen LogP contribution in [0.4, 0.5) is 0 Å². The molecule has 2 aromatic rings. The first-order chi connectivity index (χ1) is 17.5. The monoisotopic (exact) mass is 575 g/mol. The molecule has 1 heterocycles. The van der Waals surface area contributed by atoms with Crippen LogP contribution in [-0.4, -0.2) is 35.6 Å². The number of benzene rings is 1. The lowest BCUT2D eigenvalue weighted by Gasteiger charge is -2.36. The number of hydrogen-bond acceptors (Lipinski definition) is 3. The highest BCUT2D eigenvalue weighted by molar-refractivity contribution is 9.10. The molecule has 1 aliphatic carbocycles. The van der Waals surface area contributed by atoms with E-state index in [-0.39, 0.29) is 6.04 Å². The fourth-order valence-corrected chi connectivity index (χ4v) is 6.60. The predicted molar refractivity (Wildman–Crippen MR) is 159 cm³/mol. The molecular weight excluding hydrogens is 530 g/mol. The van der Waals surface area contributed by atoms with E-state index >= 15 is 0 Å². The van der Waals surface area contributed by atoms with Crippen molar-refractivity contribution in [2.75, 3.05) is 19.6 Å². The van der Waals surface area contributed by atoms with Gasteiger partial charge in [-0.3, -0.25) is 9.88 Å². The Hall–Kier alpha value is -0.940. The van der Waals surface area contributed by atoms with Crippen LogP contribution in [0.5, 0.6) is 0 Å². The summed E-state index contributed by atoms with van der Waals surface area (Å²) in [5, 5.41) is 4.81. The molecule has 0 aliphatic heterocycles. The van der Waals surface area contributed by atoms with Gasteiger partial charge in [0, 0.05) is 28.3 Å². The summed E-state index contributed by atoms with van der Waals surface area (Å²) >= 11 is 10.1. The molecule has 0 amide bonds. The highest BCUT2D eigenvalue weighted by Gasteiger charge is 2.31. The molecular formula is C31H47BrClN3. The van der Waals surface area contributed by atoms with Crippen LogP contribution in [0.3, 0.4) is 0 Å². The summed E-state index contributed by atoms with van der Waals surface area (Å²) in [6.07, 6.45) is 14.1. The van der Waals surface area contributed by atoms with Crippen molar-refractivity contribution in [3.63, 3.8) is 0 Å². The van der Waals surface area contributed by atoms with Gasteiger partial charge in [0.2, 0.25) is 0 Å². The van der Waals surface area contributed by atoms with Crippen LogP contribution in [0.25, 0.3) is 0 Å². The summed E-state index contributed by atoms with van der Waals surface area (Å²) in [6.45, 7) is 12.5. The third-order valence-electron chi connectivity index (χ3n) is 7.64. The molecule has 2 unspecified atom stereocenters. The molecule has 36 heavy (non-hydrogen) atoms. The normalized spacial score (nSPS) is 16.2. The summed E-state index contributed by atoms with van der Waals surface area (Å²) in [5.41, 5.74) is 5.31. The molecule has 0 fully saturated rings. The maximum Gasteiger partial charge on any atom is 0.0782 e. The maximum atomic E-state index is 6.46. The molecule has 0 saturated carbocycles. The van der Waals surface area contributed by atoms with Crippen LogP contribution < -0.4 is 5.32 Å². The Bertz CT molecular complexity index is 875. The van der Waals surface area contributed by atoms with Gasteiger partial charge in [-0.05, 0) is 102 Å². The number of pyridine rings is 1. The van der Waals surface area contributed by atoms with Gasteiger partial charge in [-0.15, -0.1) is 0 Å². The molecule has 5 heteroatoms. The zero-order valence-corrected chi connectivity index (χ0v) is 25.3. The maximum absolute atomic E-state index is 6.46. The van der Waals surface area contributed by atoms with Crippen molar-refractivity contribution in [3.05, 3.63) is 62.3 Å². The standard InChI is InChI=1S/C31H47BrClN3/c1-5-9-23(10-6-2)16-17-34-28(11-7-3)22-36(18-8-4)31-29-15-14-27(33)20-24(29)12-13-25-19-26(32)21-35-30(25)31/h14-15,19-21,23,28,31,34H,5-13,16-18,22H2,1-4H3. The lowest BCUT2D eigenvalue weighted by Crippen LogP contribution is -2.44. The van der Waals surface area contributed by atoms with E-state index in [1.165, 1.54) is 67.3 Å². The van der Waals surface area contributed by atoms with Crippen molar-refractivity contribution in [1.82, 2.24) is 15.2 Å². The summed E-state index contributed by atoms with van der Waals surface area (Å²) in [5.74, 6) is 0.856. The molecule has 0 saturated heterocycles. The fourth-order valence-electron chi connectivity index (χ4n) is 6.03. The van der Waals surface area contributed by atoms with Crippen LogP contribution in [-0.2, 0) is 12.8 Å². The van der Waals surface area contributed by atoms with Crippen molar-refractivity contribution >= 4 is 27.5 Å². The van der Waals surface area contributed by atoms with Gasteiger partial charge >= 0.3 is 0 Å². The second kappa shape index (κ2) is 15.5. The molecule has 0 spiro atoms. The van der Waals surface area contributed by atoms with E-state index in [9.17, 15) is 0 Å². The number of aromatic nitrogens is 1. The average Bonchev–Trinajstić information content (AvgIpc) is 3.00. The molecule has 0 bridgehead atoms. The third kappa shape index (κ3) is 8.28. The smallest absolute Gasteiger partial charge is 0.0782 e. The van der Waals surface area contributed by atoms with Crippen LogP contribution >= 0.6 is 27.5 Å². The van der Waals surface area contributed by atoms with E-state index in [0.29, 0.717) is 6.04 Å². The Morgan fingerprint density at radius 3 is 2.39 bits per heavy atom. The lowest BCUT2D eigenvalue weighted by molar-refractivity contribution is 0.191. The van der Waals surface area contributed by atoms with Crippen molar-refractivity contribution in [2.24, 2.45) is 5.92 Å². The fraction of sp³-hybridized carbons (Fsp3) is 0.645. The molecule has 1 aliphatic rings. The number of halogens is 2. The van der Waals surface area contributed by atoms with E-state index in [2.05, 4.69) is 78.1 Å². The van der Waals surface area contributed by atoms with Gasteiger partial charge in [0.05, 0.1) is 11.7 Å². The van der Waals surface area contributed by atoms with E-state index in [1.54, 1.807) is 0 Å². The van der Waals surface area contributed by atoms with Crippen LogP contribution in [0.2, 0.25) is 5.02 Å².